The predicted molar refractivity (Wildman–Crippen MR) is 140 cm³/mol. The second-order valence-corrected chi connectivity index (χ2v) is 10.4. The van der Waals surface area contributed by atoms with E-state index in [1.807, 2.05) is 43.3 Å². The van der Waals surface area contributed by atoms with Gasteiger partial charge >= 0.3 is 18.4 Å². The van der Waals surface area contributed by atoms with Gasteiger partial charge in [0.2, 0.25) is 5.78 Å². The van der Waals surface area contributed by atoms with Gasteiger partial charge in [0.15, 0.2) is 5.76 Å². The van der Waals surface area contributed by atoms with E-state index in [1.165, 1.54) is 0 Å². The van der Waals surface area contributed by atoms with Crippen molar-refractivity contribution in [2.24, 2.45) is 10.8 Å². The molecule has 0 spiro atoms. The van der Waals surface area contributed by atoms with Crippen molar-refractivity contribution >= 4 is 23.8 Å². The van der Waals surface area contributed by atoms with Crippen molar-refractivity contribution in [3.05, 3.63) is 89.2 Å². The van der Waals surface area contributed by atoms with E-state index in [4.69, 9.17) is 14.2 Å². The molecule has 0 aliphatic heterocycles. The van der Waals surface area contributed by atoms with Crippen LogP contribution >= 0.6 is 0 Å². The summed E-state index contributed by atoms with van der Waals surface area (Å²) < 4.78 is 16.6. The number of ketones is 1. The van der Waals surface area contributed by atoms with Gasteiger partial charge in [0, 0.05) is 5.56 Å². The Labute approximate surface area is 214 Å². The Morgan fingerprint density at radius 2 is 1.39 bits per heavy atom. The minimum Gasteiger partial charge on any atom is -0.419 e. The van der Waals surface area contributed by atoms with Crippen molar-refractivity contribution in [2.45, 2.75) is 61.4 Å². The summed E-state index contributed by atoms with van der Waals surface area (Å²) >= 11 is 0. The summed E-state index contributed by atoms with van der Waals surface area (Å²) in [5.41, 5.74) is 0.355. The van der Waals surface area contributed by atoms with Crippen LogP contribution in [0.15, 0.2) is 72.5 Å². The van der Waals surface area contributed by atoms with Gasteiger partial charge in [-0.3, -0.25) is 14.4 Å². The molecule has 6 heteroatoms. The van der Waals surface area contributed by atoms with E-state index >= 15 is 0 Å². The average molecular weight is 493 g/mol. The SMILES string of the molecule is CC=CCc1cccc(C=C(OC(OC(=O)C(C)(C)C)OC(=O)C(C)(C)C)C(=O)c2ccccc2)c1. The molecule has 0 saturated heterocycles. The minimum absolute atomic E-state index is 0.127. The predicted octanol–water partition coefficient (Wildman–Crippen LogP) is 6.51. The molecule has 0 heterocycles. The zero-order chi connectivity index (χ0) is 26.9. The fourth-order valence-electron chi connectivity index (χ4n) is 2.80. The lowest BCUT2D eigenvalue weighted by Crippen LogP contribution is -2.36. The lowest BCUT2D eigenvalue weighted by molar-refractivity contribution is -0.259. The van der Waals surface area contributed by atoms with E-state index in [9.17, 15) is 14.4 Å². The largest absolute Gasteiger partial charge is 0.419 e. The number of carbonyl (C=O) groups is 3. The molecule has 0 saturated carbocycles. The molecule has 6 nitrogen and oxygen atoms in total. The molecule has 0 fully saturated rings. The molecule has 192 valence electrons. The van der Waals surface area contributed by atoms with Crippen LogP contribution in [0.5, 0.6) is 0 Å². The Morgan fingerprint density at radius 1 is 0.806 bits per heavy atom. The molecular formula is C30H36O6. The standard InChI is InChI=1S/C30H36O6/c1-8-9-14-21-15-13-16-22(19-21)20-24(25(31)23-17-11-10-12-18-23)34-28(35-26(32)29(2,3)4)36-27(33)30(5,6)7/h8-13,15-20,28H,14H2,1-7H3. The molecule has 0 atom stereocenters. The molecule has 2 rings (SSSR count). The van der Waals surface area contributed by atoms with E-state index < -0.39 is 35.0 Å². The highest BCUT2D eigenvalue weighted by atomic mass is 16.9. The topological polar surface area (TPSA) is 78.9 Å². The van der Waals surface area contributed by atoms with Gasteiger partial charge in [0.05, 0.1) is 10.8 Å². The minimum atomic E-state index is -1.74. The Hall–Kier alpha value is -3.67. The van der Waals surface area contributed by atoms with Gasteiger partial charge in [-0.2, -0.15) is 0 Å². The molecule has 2 aromatic carbocycles. The molecule has 0 aliphatic rings. The van der Waals surface area contributed by atoms with E-state index in [1.54, 1.807) is 78.0 Å². The normalized spacial score (nSPS) is 12.5. The number of allylic oxidation sites excluding steroid dienone is 3. The van der Waals surface area contributed by atoms with Gasteiger partial charge in [-0.05, 0) is 72.1 Å². The molecule has 0 bridgehead atoms. The first-order chi connectivity index (χ1) is 16.8. The molecule has 0 aromatic heterocycles. The molecule has 0 amide bonds. The van der Waals surface area contributed by atoms with Crippen LogP contribution in [0.1, 0.15) is 70.0 Å². The van der Waals surface area contributed by atoms with E-state index in [0.29, 0.717) is 11.1 Å². The number of hydrogen-bond acceptors (Lipinski definition) is 6. The summed E-state index contributed by atoms with van der Waals surface area (Å²) in [5.74, 6) is -1.86. The van der Waals surface area contributed by atoms with Gasteiger partial charge < -0.3 is 14.2 Å². The van der Waals surface area contributed by atoms with Gasteiger partial charge in [-0.25, -0.2) is 0 Å². The number of benzene rings is 2. The van der Waals surface area contributed by atoms with Crippen molar-refractivity contribution < 1.29 is 28.6 Å². The first-order valence-electron chi connectivity index (χ1n) is 11.9. The summed E-state index contributed by atoms with van der Waals surface area (Å²) in [7, 11) is 0. The maximum Gasteiger partial charge on any atom is 0.410 e. The number of esters is 2. The van der Waals surface area contributed by atoms with Crippen LogP contribution in [0.3, 0.4) is 0 Å². The second kappa shape index (κ2) is 12.3. The molecular weight excluding hydrogens is 456 g/mol. The van der Waals surface area contributed by atoms with E-state index in [0.717, 1.165) is 12.0 Å². The molecule has 0 unspecified atom stereocenters. The third-order valence-electron chi connectivity index (χ3n) is 4.95. The van der Waals surface area contributed by atoms with Crippen LogP contribution in [-0.2, 0) is 30.2 Å². The van der Waals surface area contributed by atoms with Crippen molar-refractivity contribution in [3.8, 4) is 0 Å². The van der Waals surface area contributed by atoms with Gasteiger partial charge in [-0.1, -0.05) is 66.7 Å². The lowest BCUT2D eigenvalue weighted by Gasteiger charge is -2.26. The van der Waals surface area contributed by atoms with Gasteiger partial charge in [0.25, 0.3) is 0 Å². The highest BCUT2D eigenvalue weighted by molar-refractivity contribution is 6.09. The Bertz CT molecular complexity index is 1090. The van der Waals surface area contributed by atoms with E-state index in [2.05, 4.69) is 0 Å². The third kappa shape index (κ3) is 8.84. The number of carbonyl (C=O) groups excluding carboxylic acids is 3. The molecule has 0 aliphatic carbocycles. The van der Waals surface area contributed by atoms with Crippen LogP contribution < -0.4 is 0 Å². The quantitative estimate of drug-likeness (QED) is 0.0992. The first-order valence-corrected chi connectivity index (χ1v) is 11.9. The zero-order valence-corrected chi connectivity index (χ0v) is 22.2. The van der Waals surface area contributed by atoms with Crippen LogP contribution in [-0.4, -0.2) is 24.2 Å². The van der Waals surface area contributed by atoms with Crippen molar-refractivity contribution in [1.29, 1.82) is 0 Å². The smallest absolute Gasteiger partial charge is 0.410 e. The fraction of sp³-hybridized carbons (Fsp3) is 0.367. The molecule has 36 heavy (non-hydrogen) atoms. The number of hydrogen-bond donors (Lipinski definition) is 0. The molecule has 0 radical (unpaired) electrons. The van der Waals surface area contributed by atoms with Crippen LogP contribution in [0.4, 0.5) is 0 Å². The summed E-state index contributed by atoms with van der Waals surface area (Å²) in [6.07, 6.45) is 6.28. The Balaban J connectivity index is 2.50. The van der Waals surface area contributed by atoms with Crippen molar-refractivity contribution in [1.82, 2.24) is 0 Å². The van der Waals surface area contributed by atoms with Crippen LogP contribution in [0.2, 0.25) is 0 Å². The highest BCUT2D eigenvalue weighted by Crippen LogP contribution is 2.24. The highest BCUT2D eigenvalue weighted by Gasteiger charge is 2.34. The monoisotopic (exact) mass is 492 g/mol. The number of Topliss-reactive ketones (excluding diaryl/α,β-unsaturated/α-hetero) is 1. The molecule has 2 aromatic rings. The van der Waals surface area contributed by atoms with Gasteiger partial charge in [-0.15, -0.1) is 0 Å². The maximum atomic E-state index is 13.4. The molecule has 0 N–H and O–H groups in total. The first kappa shape index (κ1) is 28.6. The van der Waals surface area contributed by atoms with Crippen LogP contribution in [0, 0.1) is 10.8 Å². The third-order valence-corrected chi connectivity index (χ3v) is 4.95. The summed E-state index contributed by atoms with van der Waals surface area (Å²) in [4.78, 5) is 38.7. The summed E-state index contributed by atoms with van der Waals surface area (Å²) in [6.45, 7) is 10.2. The second-order valence-electron chi connectivity index (χ2n) is 10.4. The van der Waals surface area contributed by atoms with E-state index in [-0.39, 0.29) is 5.76 Å². The zero-order valence-electron chi connectivity index (χ0n) is 22.2. The maximum absolute atomic E-state index is 13.4. The van der Waals surface area contributed by atoms with Gasteiger partial charge in [0.1, 0.15) is 0 Å². The number of ether oxygens (including phenoxy) is 3. The Kier molecular flexibility index (Phi) is 9.79. The van der Waals surface area contributed by atoms with Crippen LogP contribution in [0.25, 0.3) is 6.08 Å². The lowest BCUT2D eigenvalue weighted by atomic mass is 9.97. The fourth-order valence-corrected chi connectivity index (χ4v) is 2.80. The van der Waals surface area contributed by atoms with Crippen molar-refractivity contribution in [3.63, 3.8) is 0 Å². The summed E-state index contributed by atoms with van der Waals surface area (Å²) in [5, 5.41) is 0. The summed E-state index contributed by atoms with van der Waals surface area (Å²) in [6, 6.07) is 16.2. The average Bonchev–Trinajstić information content (AvgIpc) is 2.81. The number of rotatable bonds is 9. The van der Waals surface area contributed by atoms with Crippen molar-refractivity contribution in [2.75, 3.05) is 0 Å². The Morgan fingerprint density at radius 3 is 1.92 bits per heavy atom.